The number of hydrogen-bond donors (Lipinski definition) is 0. The van der Waals surface area contributed by atoms with E-state index in [9.17, 15) is 4.79 Å². The third kappa shape index (κ3) is 2.47. The first kappa shape index (κ1) is 9.04. The number of carbonyl (C=O) groups is 1. The van der Waals surface area contributed by atoms with Gasteiger partial charge < -0.3 is 4.74 Å². The summed E-state index contributed by atoms with van der Waals surface area (Å²) in [5.41, 5.74) is 0. The smallest absolute Gasteiger partial charge is 0.305 e. The van der Waals surface area contributed by atoms with E-state index in [1.807, 2.05) is 0 Å². The number of hydrogen-bond acceptors (Lipinski definition) is 2. The summed E-state index contributed by atoms with van der Waals surface area (Å²) in [6, 6.07) is 0. The van der Waals surface area contributed by atoms with Gasteiger partial charge in [-0.25, -0.2) is 0 Å². The van der Waals surface area contributed by atoms with Crippen LogP contribution in [0, 0.1) is 0 Å². The molecule has 1 aliphatic rings. The van der Waals surface area contributed by atoms with E-state index in [-0.39, 0.29) is 10.3 Å². The van der Waals surface area contributed by atoms with Gasteiger partial charge in [0.1, 0.15) is 0 Å². The van der Waals surface area contributed by atoms with Gasteiger partial charge in [0, 0.05) is 10.7 Å². The van der Waals surface area contributed by atoms with Crippen LogP contribution in [0.3, 0.4) is 0 Å². The number of rotatable bonds is 3. The Bertz CT molecular complexity index is 152. The molecule has 0 unspecified atom stereocenters. The highest BCUT2D eigenvalue weighted by atomic mass is 79.9. The van der Waals surface area contributed by atoms with E-state index in [4.69, 9.17) is 0 Å². The van der Waals surface area contributed by atoms with Crippen molar-refractivity contribution in [1.29, 1.82) is 0 Å². The summed E-state index contributed by atoms with van der Waals surface area (Å²) in [6.45, 7) is 0. The van der Waals surface area contributed by atoms with Crippen LogP contribution in [0.5, 0.6) is 0 Å². The molecule has 1 saturated carbocycles. The highest BCUT2D eigenvalue weighted by Crippen LogP contribution is 2.43. The monoisotopic (exact) mass is 220 g/mol. The lowest BCUT2D eigenvalue weighted by Crippen LogP contribution is -2.30. The van der Waals surface area contributed by atoms with Gasteiger partial charge in [-0.3, -0.25) is 4.79 Å². The average Bonchev–Trinajstić information content (AvgIpc) is 1.96. The fraction of sp³-hybridized carbons (Fsp3) is 0.875. The molecule has 0 aromatic rings. The van der Waals surface area contributed by atoms with Crippen LogP contribution < -0.4 is 0 Å². The van der Waals surface area contributed by atoms with E-state index in [2.05, 4.69) is 20.7 Å². The van der Waals surface area contributed by atoms with Crippen molar-refractivity contribution in [2.24, 2.45) is 0 Å². The first-order chi connectivity index (χ1) is 5.16. The summed E-state index contributed by atoms with van der Waals surface area (Å²) < 4.78 is 4.82. The third-order valence-corrected chi connectivity index (χ3v) is 3.44. The van der Waals surface area contributed by atoms with Crippen molar-refractivity contribution in [3.8, 4) is 0 Å². The Kier molecular flexibility index (Phi) is 2.93. The fourth-order valence-corrected chi connectivity index (χ4v) is 2.00. The van der Waals surface area contributed by atoms with Gasteiger partial charge >= 0.3 is 5.97 Å². The lowest BCUT2D eigenvalue weighted by Gasteiger charge is -2.35. The van der Waals surface area contributed by atoms with Crippen molar-refractivity contribution in [3.05, 3.63) is 0 Å². The van der Waals surface area contributed by atoms with Gasteiger partial charge in [0.15, 0.2) is 0 Å². The zero-order valence-corrected chi connectivity index (χ0v) is 8.32. The predicted octanol–water partition coefficient (Wildman–Crippen LogP) is 2.26. The molecule has 1 aliphatic carbocycles. The van der Waals surface area contributed by atoms with Crippen molar-refractivity contribution in [2.45, 2.75) is 36.4 Å². The Morgan fingerprint density at radius 2 is 2.27 bits per heavy atom. The molecular formula is C8H13BrO2. The Labute approximate surface area is 75.4 Å². The molecule has 0 aromatic heterocycles. The van der Waals surface area contributed by atoms with Gasteiger partial charge in [-0.15, -0.1) is 0 Å². The van der Waals surface area contributed by atoms with E-state index < -0.39 is 0 Å². The molecule has 3 heteroatoms. The van der Waals surface area contributed by atoms with Crippen molar-refractivity contribution < 1.29 is 9.53 Å². The van der Waals surface area contributed by atoms with E-state index in [1.165, 1.54) is 26.4 Å². The van der Waals surface area contributed by atoms with Gasteiger partial charge in [0.2, 0.25) is 0 Å². The zero-order valence-electron chi connectivity index (χ0n) is 6.73. The van der Waals surface area contributed by atoms with Crippen molar-refractivity contribution in [3.63, 3.8) is 0 Å². The second-order valence-electron chi connectivity index (χ2n) is 3.08. The molecule has 11 heavy (non-hydrogen) atoms. The van der Waals surface area contributed by atoms with Crippen molar-refractivity contribution in [1.82, 2.24) is 0 Å². The van der Waals surface area contributed by atoms with Crippen LogP contribution in [-0.2, 0) is 9.53 Å². The highest BCUT2D eigenvalue weighted by Gasteiger charge is 2.33. The molecule has 0 aromatic carbocycles. The lowest BCUT2D eigenvalue weighted by atomic mass is 9.82. The number of esters is 1. The maximum atomic E-state index is 10.8. The van der Waals surface area contributed by atoms with Crippen LogP contribution >= 0.6 is 15.9 Å². The molecule has 64 valence electrons. The lowest BCUT2D eigenvalue weighted by molar-refractivity contribution is -0.140. The second-order valence-corrected chi connectivity index (χ2v) is 4.76. The van der Waals surface area contributed by atoms with E-state index in [0.717, 1.165) is 6.42 Å². The molecule has 0 amide bonds. The van der Waals surface area contributed by atoms with Crippen LogP contribution in [0.1, 0.15) is 32.1 Å². The Balaban J connectivity index is 2.16. The Morgan fingerprint density at radius 3 is 2.64 bits per heavy atom. The summed E-state index contributed by atoms with van der Waals surface area (Å²) in [5, 5.41) is 0. The molecule has 0 atom stereocenters. The number of ether oxygens (including phenoxy) is 1. The van der Waals surface area contributed by atoms with Gasteiger partial charge in [0.05, 0.1) is 7.11 Å². The summed E-state index contributed by atoms with van der Waals surface area (Å²) >= 11 is 3.62. The molecule has 0 aliphatic heterocycles. The van der Waals surface area contributed by atoms with Gasteiger partial charge in [-0.1, -0.05) is 22.4 Å². The van der Waals surface area contributed by atoms with Crippen LogP contribution in [0.4, 0.5) is 0 Å². The molecule has 1 fully saturated rings. The van der Waals surface area contributed by atoms with Crippen LogP contribution in [0.2, 0.25) is 0 Å². The standard InChI is InChI=1S/C8H13BrO2/c1-11-7(10)3-6-8(9)4-2-5-8/h2-6H2,1H3. The van der Waals surface area contributed by atoms with E-state index >= 15 is 0 Å². The van der Waals surface area contributed by atoms with Crippen molar-refractivity contribution in [2.75, 3.05) is 7.11 Å². The van der Waals surface area contributed by atoms with Crippen LogP contribution in [0.25, 0.3) is 0 Å². The second kappa shape index (κ2) is 3.57. The highest BCUT2D eigenvalue weighted by molar-refractivity contribution is 9.10. The Hall–Kier alpha value is -0.0500. The maximum absolute atomic E-state index is 10.8. The number of alkyl halides is 1. The maximum Gasteiger partial charge on any atom is 0.305 e. The largest absolute Gasteiger partial charge is 0.469 e. The predicted molar refractivity (Wildman–Crippen MR) is 46.8 cm³/mol. The van der Waals surface area contributed by atoms with E-state index in [1.54, 1.807) is 0 Å². The summed E-state index contributed by atoms with van der Waals surface area (Å²) in [4.78, 5) is 10.8. The molecule has 2 nitrogen and oxygen atoms in total. The average molecular weight is 221 g/mol. The number of carbonyl (C=O) groups excluding carboxylic acids is 1. The molecular weight excluding hydrogens is 208 g/mol. The SMILES string of the molecule is COC(=O)CCC1(Br)CCC1. The third-order valence-electron chi connectivity index (χ3n) is 2.25. The Morgan fingerprint density at radius 1 is 1.64 bits per heavy atom. The van der Waals surface area contributed by atoms with Gasteiger partial charge in [0.25, 0.3) is 0 Å². The van der Waals surface area contributed by atoms with Crippen LogP contribution in [0.15, 0.2) is 0 Å². The molecule has 0 N–H and O–H groups in total. The quantitative estimate of drug-likeness (QED) is 0.539. The van der Waals surface area contributed by atoms with Gasteiger partial charge in [-0.05, 0) is 19.3 Å². The number of methoxy groups -OCH3 is 1. The summed E-state index contributed by atoms with van der Waals surface area (Å²) in [5.74, 6) is -0.101. The molecule has 1 rings (SSSR count). The normalized spacial score (nSPS) is 20.5. The van der Waals surface area contributed by atoms with Crippen LogP contribution in [-0.4, -0.2) is 17.4 Å². The summed E-state index contributed by atoms with van der Waals surface area (Å²) in [7, 11) is 1.43. The minimum atomic E-state index is -0.101. The molecule has 0 bridgehead atoms. The van der Waals surface area contributed by atoms with E-state index in [0.29, 0.717) is 6.42 Å². The first-order valence-corrected chi connectivity index (χ1v) is 4.71. The van der Waals surface area contributed by atoms with Gasteiger partial charge in [-0.2, -0.15) is 0 Å². The minimum Gasteiger partial charge on any atom is -0.469 e. The van der Waals surface area contributed by atoms with Crippen molar-refractivity contribution >= 4 is 21.9 Å². The molecule has 0 radical (unpaired) electrons. The first-order valence-electron chi connectivity index (χ1n) is 3.92. The molecule has 0 heterocycles. The fourth-order valence-electron chi connectivity index (χ4n) is 1.24. The molecule has 0 spiro atoms. The zero-order chi connectivity index (χ0) is 8.32. The summed E-state index contributed by atoms with van der Waals surface area (Å²) in [6.07, 6.45) is 5.14. The topological polar surface area (TPSA) is 26.3 Å². The minimum absolute atomic E-state index is 0.101. The molecule has 0 saturated heterocycles. The number of halogens is 1.